The van der Waals surface area contributed by atoms with Gasteiger partial charge in [-0.3, -0.25) is 9.59 Å². The number of nitrogens with two attached hydrogens (primary N) is 1. The number of amides is 2. The average Bonchev–Trinajstić information content (AvgIpc) is 3.54. The van der Waals surface area contributed by atoms with Crippen molar-refractivity contribution < 1.29 is 9.59 Å². The number of rotatable bonds is 7. The van der Waals surface area contributed by atoms with Crippen LogP contribution in [0.5, 0.6) is 0 Å². The molecule has 4 N–H and O–H groups in total. The Balaban J connectivity index is 0.000000236. The topological polar surface area (TPSA) is 166 Å². The molecule has 2 heterocycles. The molecule has 0 fully saturated rings. The first kappa shape index (κ1) is 33.6. The second-order valence-electron chi connectivity index (χ2n) is 13.1. The van der Waals surface area contributed by atoms with Crippen LogP contribution < -0.4 is 26.2 Å². The molecule has 0 radical (unpaired) electrons. The standard InChI is InChI=1S/C15H23N5OS.C15H21N5O/c1-15(2,3)19-11(21)8-20(4)14-9-6-5-7-10(9)17-13(18-14)12(16)22;1-15(2,3)19-13(21)9-20(4)14-10-6-5-7-11(10)17-12(8-16)18-14/h5-8H2,1-4H3,(H2,16,22)(H,19,21);5-7,9H2,1-4H3,(H,19,21). The Morgan fingerprint density at radius 2 is 1.26 bits per heavy atom. The normalized spacial score (nSPS) is 13.6. The van der Waals surface area contributed by atoms with Gasteiger partial charge in [0.1, 0.15) is 22.7 Å². The molecule has 0 atom stereocenters. The molecule has 0 spiro atoms. The Kier molecular flexibility index (Phi) is 10.6. The number of nitrogens with one attached hydrogen (secondary N) is 2. The lowest BCUT2D eigenvalue weighted by Gasteiger charge is -2.25. The third-order valence-corrected chi connectivity index (χ3v) is 6.84. The van der Waals surface area contributed by atoms with Gasteiger partial charge in [-0.2, -0.15) is 5.26 Å². The SMILES string of the molecule is CN(CC(=O)NC(C)(C)C)c1nc(C#N)nc2c1CCC2.CN(CC(=O)NC(C)(C)C)c1nc(C(N)=S)nc2c1CCC2. The summed E-state index contributed by atoms with van der Waals surface area (Å²) in [4.78, 5) is 45.4. The van der Waals surface area contributed by atoms with Crippen LogP contribution in [0.3, 0.4) is 0 Å². The van der Waals surface area contributed by atoms with E-state index in [1.807, 2.05) is 66.6 Å². The lowest BCUT2D eigenvalue weighted by molar-refractivity contribution is -0.122. The molecule has 0 saturated carbocycles. The maximum Gasteiger partial charge on any atom is 0.239 e. The fraction of sp³-hybridized carbons (Fsp3) is 0.600. The number of hydrogen-bond acceptors (Lipinski definition) is 10. The fourth-order valence-electron chi connectivity index (χ4n) is 5.11. The predicted molar refractivity (Wildman–Crippen MR) is 171 cm³/mol. The minimum Gasteiger partial charge on any atom is -0.387 e. The highest BCUT2D eigenvalue weighted by atomic mass is 32.1. The van der Waals surface area contributed by atoms with Gasteiger partial charge in [0.15, 0.2) is 5.82 Å². The summed E-state index contributed by atoms with van der Waals surface area (Å²) in [6.45, 7) is 12.2. The molecule has 0 aromatic carbocycles. The van der Waals surface area contributed by atoms with Gasteiger partial charge in [-0.25, -0.2) is 19.9 Å². The first-order valence-corrected chi connectivity index (χ1v) is 14.9. The Hall–Kier alpha value is -3.92. The molecule has 2 aliphatic rings. The number of aryl methyl sites for hydroxylation is 2. The molecule has 13 heteroatoms. The molecule has 0 saturated heterocycles. The molecular formula is C30H44N10O2S. The van der Waals surface area contributed by atoms with Gasteiger partial charge in [-0.1, -0.05) is 12.2 Å². The molecule has 0 aliphatic heterocycles. The van der Waals surface area contributed by atoms with Crippen LogP contribution in [-0.2, 0) is 35.3 Å². The van der Waals surface area contributed by atoms with Crippen LogP contribution in [0.25, 0.3) is 0 Å². The number of carbonyl (C=O) groups excluding carboxylic acids is 2. The molecule has 43 heavy (non-hydrogen) atoms. The van der Waals surface area contributed by atoms with Gasteiger partial charge in [0.25, 0.3) is 0 Å². The zero-order valence-corrected chi connectivity index (χ0v) is 27.4. The molecule has 0 unspecified atom stereocenters. The summed E-state index contributed by atoms with van der Waals surface area (Å²) >= 11 is 4.99. The highest BCUT2D eigenvalue weighted by Crippen LogP contribution is 2.29. The van der Waals surface area contributed by atoms with E-state index in [1.165, 1.54) is 0 Å². The summed E-state index contributed by atoms with van der Waals surface area (Å²) in [6.07, 6.45) is 5.67. The Morgan fingerprint density at radius 3 is 1.67 bits per heavy atom. The molecular weight excluding hydrogens is 564 g/mol. The second-order valence-corrected chi connectivity index (χ2v) is 13.5. The van der Waals surface area contributed by atoms with Crippen molar-refractivity contribution in [2.75, 3.05) is 37.0 Å². The van der Waals surface area contributed by atoms with Crippen LogP contribution in [0, 0.1) is 11.3 Å². The number of fused-ring (bicyclic) bond motifs is 2. The quantitative estimate of drug-likeness (QED) is 0.394. The van der Waals surface area contributed by atoms with Crippen LogP contribution in [-0.4, -0.2) is 75.0 Å². The van der Waals surface area contributed by atoms with E-state index in [-0.39, 0.29) is 46.8 Å². The van der Waals surface area contributed by atoms with E-state index in [0.717, 1.165) is 66.9 Å². The van der Waals surface area contributed by atoms with Crippen molar-refractivity contribution in [2.24, 2.45) is 5.73 Å². The number of thiocarbonyl (C=S) groups is 1. The summed E-state index contributed by atoms with van der Waals surface area (Å²) < 4.78 is 0. The minimum absolute atomic E-state index is 0.0442. The Labute approximate surface area is 259 Å². The maximum atomic E-state index is 12.1. The van der Waals surface area contributed by atoms with Crippen molar-refractivity contribution in [3.63, 3.8) is 0 Å². The highest BCUT2D eigenvalue weighted by Gasteiger charge is 2.25. The molecule has 232 valence electrons. The molecule has 2 aromatic rings. The zero-order chi connectivity index (χ0) is 32.1. The Bertz CT molecular complexity index is 1420. The number of aromatic nitrogens is 4. The molecule has 2 aliphatic carbocycles. The number of carbonyl (C=O) groups is 2. The molecule has 0 bridgehead atoms. The van der Waals surface area contributed by atoms with Crippen molar-refractivity contribution in [3.8, 4) is 6.07 Å². The molecule has 2 aromatic heterocycles. The predicted octanol–water partition coefficient (Wildman–Crippen LogP) is 2.14. The lowest BCUT2D eigenvalue weighted by atomic mass is 10.1. The van der Waals surface area contributed by atoms with Crippen molar-refractivity contribution in [1.29, 1.82) is 5.26 Å². The minimum atomic E-state index is -0.261. The van der Waals surface area contributed by atoms with Gasteiger partial charge >= 0.3 is 0 Å². The monoisotopic (exact) mass is 608 g/mol. The van der Waals surface area contributed by atoms with Crippen LogP contribution in [0.1, 0.15) is 88.5 Å². The highest BCUT2D eigenvalue weighted by molar-refractivity contribution is 7.80. The summed E-state index contributed by atoms with van der Waals surface area (Å²) in [5, 5.41) is 14.9. The van der Waals surface area contributed by atoms with Gasteiger partial charge in [-0.15, -0.1) is 0 Å². The Morgan fingerprint density at radius 1 is 0.814 bits per heavy atom. The van der Waals surface area contributed by atoms with Crippen LogP contribution in [0.15, 0.2) is 0 Å². The summed E-state index contributed by atoms with van der Waals surface area (Å²) in [7, 11) is 3.68. The number of nitriles is 1. The number of nitrogens with zero attached hydrogens (tertiary/aromatic N) is 7. The summed E-state index contributed by atoms with van der Waals surface area (Å²) in [6, 6.07) is 1.99. The van der Waals surface area contributed by atoms with Gasteiger partial charge in [0.05, 0.1) is 18.8 Å². The van der Waals surface area contributed by atoms with E-state index in [9.17, 15) is 9.59 Å². The van der Waals surface area contributed by atoms with Crippen molar-refractivity contribution in [1.82, 2.24) is 30.6 Å². The summed E-state index contributed by atoms with van der Waals surface area (Å²) in [5.41, 5.74) is 9.27. The van der Waals surface area contributed by atoms with E-state index in [4.69, 9.17) is 23.2 Å². The first-order chi connectivity index (χ1) is 20.0. The van der Waals surface area contributed by atoms with Crippen LogP contribution in [0.2, 0.25) is 0 Å². The molecule has 12 nitrogen and oxygen atoms in total. The van der Waals surface area contributed by atoms with Crippen LogP contribution in [0.4, 0.5) is 11.6 Å². The summed E-state index contributed by atoms with van der Waals surface area (Å²) in [5.74, 6) is 1.92. The average molecular weight is 609 g/mol. The van der Waals surface area contributed by atoms with E-state index in [0.29, 0.717) is 11.6 Å². The van der Waals surface area contributed by atoms with Gasteiger partial charge in [0, 0.05) is 42.0 Å². The number of hydrogen-bond donors (Lipinski definition) is 3. The van der Waals surface area contributed by atoms with Crippen molar-refractivity contribution >= 4 is 40.7 Å². The maximum absolute atomic E-state index is 12.1. The van der Waals surface area contributed by atoms with E-state index >= 15 is 0 Å². The van der Waals surface area contributed by atoms with Crippen LogP contribution >= 0.6 is 12.2 Å². The fourth-order valence-corrected chi connectivity index (χ4v) is 5.20. The number of anilines is 2. The first-order valence-electron chi connectivity index (χ1n) is 14.5. The second kappa shape index (κ2) is 13.6. The van der Waals surface area contributed by atoms with Gasteiger partial charge < -0.3 is 26.2 Å². The lowest BCUT2D eigenvalue weighted by Crippen LogP contribution is -2.45. The van der Waals surface area contributed by atoms with Gasteiger partial charge in [0.2, 0.25) is 17.6 Å². The van der Waals surface area contributed by atoms with Crippen molar-refractivity contribution in [2.45, 2.75) is 91.1 Å². The van der Waals surface area contributed by atoms with Gasteiger partial charge in [-0.05, 0) is 80.1 Å². The third-order valence-electron chi connectivity index (χ3n) is 6.66. The van der Waals surface area contributed by atoms with E-state index in [2.05, 4.69) is 30.6 Å². The number of likely N-dealkylation sites (N-methyl/N-ethyl adjacent to an activating group) is 2. The largest absolute Gasteiger partial charge is 0.387 e. The zero-order valence-electron chi connectivity index (χ0n) is 26.6. The van der Waals surface area contributed by atoms with E-state index in [1.54, 1.807) is 4.90 Å². The molecule has 2 amide bonds. The van der Waals surface area contributed by atoms with E-state index < -0.39 is 0 Å². The smallest absolute Gasteiger partial charge is 0.239 e. The third kappa shape index (κ3) is 9.54. The molecule has 4 rings (SSSR count). The van der Waals surface area contributed by atoms with Crippen molar-refractivity contribution in [3.05, 3.63) is 34.2 Å².